The SMILES string of the molecule is O=C(/C=C/c1ccccc1)Nc1cccc(SCC(=O)Nc2cccc3c2C(=O)c2ccccc2C3=O)c1. The lowest BCUT2D eigenvalue weighted by Gasteiger charge is -2.20. The van der Waals surface area contributed by atoms with Crippen molar-refractivity contribution in [2.45, 2.75) is 4.90 Å². The molecule has 2 amide bonds. The van der Waals surface area contributed by atoms with Crippen molar-refractivity contribution in [3.8, 4) is 0 Å². The zero-order valence-corrected chi connectivity index (χ0v) is 21.0. The lowest BCUT2D eigenvalue weighted by atomic mass is 9.83. The normalized spacial score (nSPS) is 12.1. The minimum absolute atomic E-state index is 0.0771. The van der Waals surface area contributed by atoms with Crippen molar-refractivity contribution in [3.63, 3.8) is 0 Å². The van der Waals surface area contributed by atoms with Crippen molar-refractivity contribution in [2.75, 3.05) is 16.4 Å². The van der Waals surface area contributed by atoms with Gasteiger partial charge in [0.05, 0.1) is 17.0 Å². The van der Waals surface area contributed by atoms with E-state index in [1.165, 1.54) is 17.8 Å². The zero-order chi connectivity index (χ0) is 26.5. The van der Waals surface area contributed by atoms with Crippen LogP contribution in [0.5, 0.6) is 0 Å². The summed E-state index contributed by atoms with van der Waals surface area (Å²) >= 11 is 1.29. The van der Waals surface area contributed by atoms with Gasteiger partial charge in [-0.2, -0.15) is 0 Å². The Morgan fingerprint density at radius 2 is 1.39 bits per heavy atom. The van der Waals surface area contributed by atoms with E-state index >= 15 is 0 Å². The molecule has 4 aromatic carbocycles. The maximum Gasteiger partial charge on any atom is 0.248 e. The Morgan fingerprint density at radius 3 is 2.18 bits per heavy atom. The van der Waals surface area contributed by atoms with Gasteiger partial charge < -0.3 is 10.6 Å². The highest BCUT2D eigenvalue weighted by molar-refractivity contribution is 8.00. The average Bonchev–Trinajstić information content (AvgIpc) is 2.94. The lowest BCUT2D eigenvalue weighted by molar-refractivity contribution is -0.114. The first-order valence-corrected chi connectivity index (χ1v) is 12.9. The largest absolute Gasteiger partial charge is 0.325 e. The van der Waals surface area contributed by atoms with Crippen molar-refractivity contribution < 1.29 is 19.2 Å². The fraction of sp³-hybridized carbons (Fsp3) is 0.0323. The van der Waals surface area contributed by atoms with E-state index in [0.29, 0.717) is 22.5 Å². The summed E-state index contributed by atoms with van der Waals surface area (Å²) in [6, 6.07) is 28.3. The fourth-order valence-electron chi connectivity index (χ4n) is 4.17. The van der Waals surface area contributed by atoms with Crippen LogP contribution in [0, 0.1) is 0 Å². The topological polar surface area (TPSA) is 92.3 Å². The van der Waals surface area contributed by atoms with Gasteiger partial charge in [0.15, 0.2) is 11.6 Å². The van der Waals surface area contributed by atoms with Crippen LogP contribution in [0.1, 0.15) is 37.4 Å². The summed E-state index contributed by atoms with van der Waals surface area (Å²) < 4.78 is 0. The van der Waals surface area contributed by atoms with Crippen LogP contribution in [0.25, 0.3) is 6.08 Å². The van der Waals surface area contributed by atoms with Gasteiger partial charge in [0.25, 0.3) is 0 Å². The lowest BCUT2D eigenvalue weighted by Crippen LogP contribution is -2.24. The highest BCUT2D eigenvalue weighted by Gasteiger charge is 2.31. The highest BCUT2D eigenvalue weighted by Crippen LogP contribution is 2.32. The molecule has 0 aromatic heterocycles. The number of carbonyl (C=O) groups is 4. The summed E-state index contributed by atoms with van der Waals surface area (Å²) in [6.45, 7) is 0. The number of ketones is 2. The van der Waals surface area contributed by atoms with Crippen molar-refractivity contribution >= 4 is 52.6 Å². The minimum Gasteiger partial charge on any atom is -0.325 e. The van der Waals surface area contributed by atoms with E-state index < -0.39 is 0 Å². The monoisotopic (exact) mass is 518 g/mol. The van der Waals surface area contributed by atoms with Gasteiger partial charge in [-0.3, -0.25) is 19.2 Å². The number of thioether (sulfide) groups is 1. The van der Waals surface area contributed by atoms with Crippen LogP contribution in [0.2, 0.25) is 0 Å². The number of anilines is 2. The molecule has 38 heavy (non-hydrogen) atoms. The van der Waals surface area contributed by atoms with E-state index in [4.69, 9.17) is 0 Å². The summed E-state index contributed by atoms with van der Waals surface area (Å²) in [7, 11) is 0. The van der Waals surface area contributed by atoms with E-state index in [1.807, 2.05) is 36.4 Å². The Labute approximate surface area is 223 Å². The van der Waals surface area contributed by atoms with Gasteiger partial charge in [-0.15, -0.1) is 11.8 Å². The quantitative estimate of drug-likeness (QED) is 0.208. The number of hydrogen-bond donors (Lipinski definition) is 2. The van der Waals surface area contributed by atoms with Gasteiger partial charge in [0.2, 0.25) is 11.8 Å². The van der Waals surface area contributed by atoms with Crippen molar-refractivity contribution in [1.82, 2.24) is 0 Å². The van der Waals surface area contributed by atoms with Gasteiger partial charge >= 0.3 is 0 Å². The molecule has 0 fully saturated rings. The van der Waals surface area contributed by atoms with E-state index in [9.17, 15) is 19.2 Å². The van der Waals surface area contributed by atoms with Gasteiger partial charge in [0.1, 0.15) is 0 Å². The molecule has 1 aliphatic carbocycles. The molecule has 0 spiro atoms. The van der Waals surface area contributed by atoms with Crippen LogP contribution in [0.3, 0.4) is 0 Å². The molecule has 5 rings (SSSR count). The smallest absolute Gasteiger partial charge is 0.248 e. The van der Waals surface area contributed by atoms with E-state index in [0.717, 1.165) is 10.5 Å². The molecular weight excluding hydrogens is 496 g/mol. The Morgan fingerprint density at radius 1 is 0.711 bits per heavy atom. The Kier molecular flexibility index (Phi) is 7.28. The van der Waals surface area contributed by atoms with Crippen LogP contribution in [0.15, 0.2) is 108 Å². The number of fused-ring (bicyclic) bond motifs is 2. The van der Waals surface area contributed by atoms with Crippen LogP contribution < -0.4 is 10.6 Å². The molecule has 4 aromatic rings. The van der Waals surface area contributed by atoms with Gasteiger partial charge in [-0.25, -0.2) is 0 Å². The number of carbonyl (C=O) groups excluding carboxylic acids is 4. The molecule has 186 valence electrons. The first kappa shape index (κ1) is 24.9. The summed E-state index contributed by atoms with van der Waals surface area (Å²) in [5.41, 5.74) is 3.04. The van der Waals surface area contributed by atoms with Crippen molar-refractivity contribution in [1.29, 1.82) is 0 Å². The van der Waals surface area contributed by atoms with Gasteiger partial charge in [-0.05, 0) is 35.9 Å². The summed E-state index contributed by atoms with van der Waals surface area (Å²) in [5, 5.41) is 5.61. The molecule has 0 aliphatic heterocycles. The molecule has 6 nitrogen and oxygen atoms in total. The highest BCUT2D eigenvalue weighted by atomic mass is 32.2. The van der Waals surface area contributed by atoms with Gasteiger partial charge in [-0.1, -0.05) is 72.8 Å². The number of hydrogen-bond acceptors (Lipinski definition) is 5. The van der Waals surface area contributed by atoms with Crippen molar-refractivity contribution in [3.05, 3.63) is 131 Å². The molecule has 0 saturated carbocycles. The van der Waals surface area contributed by atoms with Crippen molar-refractivity contribution in [2.24, 2.45) is 0 Å². The molecule has 0 saturated heterocycles. The molecule has 0 unspecified atom stereocenters. The average molecular weight is 519 g/mol. The van der Waals surface area contributed by atoms with Crippen LogP contribution in [0.4, 0.5) is 11.4 Å². The Hall–Kier alpha value is -4.75. The first-order valence-electron chi connectivity index (χ1n) is 11.9. The molecular formula is C31H22N2O4S. The maximum absolute atomic E-state index is 13.1. The molecule has 0 heterocycles. The second-order valence-corrected chi connectivity index (χ2v) is 9.58. The van der Waals surface area contributed by atoms with E-state index in [2.05, 4.69) is 10.6 Å². The van der Waals surface area contributed by atoms with Crippen LogP contribution >= 0.6 is 11.8 Å². The standard InChI is InChI=1S/C31H22N2O4S/c34-27(17-16-20-8-2-1-3-9-20)32-21-10-6-11-22(18-21)38-19-28(35)33-26-15-7-14-25-29(26)31(37)24-13-5-4-12-23(24)30(25)36/h1-18H,19H2,(H,32,34)(H,33,35)/b17-16+. The number of amides is 2. The van der Waals surface area contributed by atoms with E-state index in [1.54, 1.807) is 66.7 Å². The third-order valence-electron chi connectivity index (χ3n) is 5.92. The van der Waals surface area contributed by atoms with Gasteiger partial charge in [0, 0.05) is 33.3 Å². The van der Waals surface area contributed by atoms with E-state index in [-0.39, 0.29) is 40.3 Å². The van der Waals surface area contributed by atoms with Crippen LogP contribution in [-0.2, 0) is 9.59 Å². The number of rotatable bonds is 7. The third-order valence-corrected chi connectivity index (χ3v) is 6.92. The Bertz CT molecular complexity index is 1590. The number of nitrogens with one attached hydrogen (secondary N) is 2. The zero-order valence-electron chi connectivity index (χ0n) is 20.1. The summed E-state index contributed by atoms with van der Waals surface area (Å²) in [4.78, 5) is 51.9. The molecule has 7 heteroatoms. The first-order chi connectivity index (χ1) is 18.5. The molecule has 0 atom stereocenters. The maximum atomic E-state index is 13.1. The molecule has 1 aliphatic rings. The predicted octanol–water partition coefficient (Wildman–Crippen LogP) is 5.84. The number of benzene rings is 4. The minimum atomic E-state index is -0.317. The fourth-order valence-corrected chi connectivity index (χ4v) is 4.92. The third kappa shape index (κ3) is 5.48. The second-order valence-electron chi connectivity index (χ2n) is 8.53. The predicted molar refractivity (Wildman–Crippen MR) is 150 cm³/mol. The van der Waals surface area contributed by atoms with Crippen LogP contribution in [-0.4, -0.2) is 29.1 Å². The molecule has 2 N–H and O–H groups in total. The Balaban J connectivity index is 1.22. The molecule has 0 radical (unpaired) electrons. The second kappa shape index (κ2) is 11.1. The summed E-state index contributed by atoms with van der Waals surface area (Å²) in [6.07, 6.45) is 3.20. The summed E-state index contributed by atoms with van der Waals surface area (Å²) in [5.74, 6) is -1.03. The molecule has 0 bridgehead atoms.